The first-order valence-electron chi connectivity index (χ1n) is 5.85. The van der Waals surface area contributed by atoms with Gasteiger partial charge in [0.2, 0.25) is 0 Å². The summed E-state index contributed by atoms with van der Waals surface area (Å²) in [4.78, 5) is 22.9. The maximum atomic E-state index is 13.7. The molecule has 0 heterocycles. The van der Waals surface area contributed by atoms with Crippen LogP contribution in [-0.2, 0) is 0 Å². The molecule has 0 aliphatic rings. The number of rotatable bonds is 3. The molecule has 0 atom stereocenters. The van der Waals surface area contributed by atoms with Crippen LogP contribution in [0.3, 0.4) is 0 Å². The molecule has 2 amide bonds. The van der Waals surface area contributed by atoms with Gasteiger partial charge in [0.25, 0.3) is 11.8 Å². The Balaban J connectivity index is 2.36. The zero-order valence-corrected chi connectivity index (χ0v) is 12.4. The lowest BCUT2D eigenvalue weighted by Gasteiger charge is -2.09. The predicted octanol–water partition coefficient (Wildman–Crippen LogP) is 3.22. The monoisotopic (exact) mass is 372 g/mol. The van der Waals surface area contributed by atoms with E-state index in [0.29, 0.717) is 10.5 Å². The van der Waals surface area contributed by atoms with Crippen LogP contribution in [0.4, 0.5) is 18.9 Å². The van der Waals surface area contributed by atoms with Gasteiger partial charge in [-0.3, -0.25) is 9.59 Å². The number of nitrogens with one attached hydrogen (secondary N) is 1. The number of hydrogen-bond acceptors (Lipinski definition) is 2. The first-order valence-corrected chi connectivity index (χ1v) is 6.64. The van der Waals surface area contributed by atoms with E-state index in [2.05, 4.69) is 21.2 Å². The number of hydrogen-bond donors (Lipinski definition) is 2. The minimum absolute atomic E-state index is 0.340. The number of benzene rings is 2. The summed E-state index contributed by atoms with van der Waals surface area (Å²) in [5.41, 5.74) is 3.52. The minimum atomic E-state index is -1.15. The van der Waals surface area contributed by atoms with Crippen molar-refractivity contribution in [1.29, 1.82) is 0 Å². The van der Waals surface area contributed by atoms with Crippen LogP contribution in [0.15, 0.2) is 34.8 Å². The molecule has 114 valence electrons. The fraction of sp³-hybridized carbons (Fsp3) is 0. The summed E-state index contributed by atoms with van der Waals surface area (Å²) in [6.07, 6.45) is 0. The first-order chi connectivity index (χ1) is 10.3. The van der Waals surface area contributed by atoms with Gasteiger partial charge in [-0.15, -0.1) is 0 Å². The molecule has 0 saturated heterocycles. The Morgan fingerprint density at radius 2 is 1.59 bits per heavy atom. The van der Waals surface area contributed by atoms with Crippen LogP contribution in [-0.4, -0.2) is 11.8 Å². The first kappa shape index (κ1) is 16.0. The lowest BCUT2D eigenvalue weighted by Crippen LogP contribution is -2.18. The maximum Gasteiger partial charge on any atom is 0.258 e. The third kappa shape index (κ3) is 3.28. The summed E-state index contributed by atoms with van der Waals surface area (Å²) >= 11 is 3.03. The number of anilines is 1. The Morgan fingerprint density at radius 1 is 0.955 bits per heavy atom. The standard InChI is InChI=1S/C14H8BrF3N2O2/c15-6-1-2-7(9(16)3-6)14(22)20-12-4-8(13(19)21)10(17)5-11(12)18/h1-5H,(H2,19,21)(H,20,22). The second kappa shape index (κ2) is 6.18. The third-order valence-electron chi connectivity index (χ3n) is 2.75. The normalized spacial score (nSPS) is 10.4. The van der Waals surface area contributed by atoms with E-state index in [1.54, 1.807) is 0 Å². The molecule has 0 bridgehead atoms. The zero-order valence-electron chi connectivity index (χ0n) is 10.8. The van der Waals surface area contributed by atoms with E-state index >= 15 is 0 Å². The molecular weight excluding hydrogens is 365 g/mol. The van der Waals surface area contributed by atoms with Gasteiger partial charge in [-0.1, -0.05) is 15.9 Å². The Labute approximate surface area is 131 Å². The average Bonchev–Trinajstić information content (AvgIpc) is 2.41. The van der Waals surface area contributed by atoms with Crippen molar-refractivity contribution in [3.63, 3.8) is 0 Å². The highest BCUT2D eigenvalue weighted by Crippen LogP contribution is 2.21. The van der Waals surface area contributed by atoms with Gasteiger partial charge < -0.3 is 11.1 Å². The summed E-state index contributed by atoms with van der Waals surface area (Å²) in [5, 5.41) is 2.07. The van der Waals surface area contributed by atoms with Crippen LogP contribution in [0.1, 0.15) is 20.7 Å². The molecule has 0 aliphatic carbocycles. The number of amides is 2. The van der Waals surface area contributed by atoms with E-state index in [9.17, 15) is 22.8 Å². The van der Waals surface area contributed by atoms with Crippen molar-refractivity contribution in [2.75, 3.05) is 5.32 Å². The Morgan fingerprint density at radius 3 is 2.18 bits per heavy atom. The Hall–Kier alpha value is -2.35. The largest absolute Gasteiger partial charge is 0.366 e. The molecular formula is C14H8BrF3N2O2. The van der Waals surface area contributed by atoms with Crippen LogP contribution in [0.2, 0.25) is 0 Å². The molecule has 0 unspecified atom stereocenters. The Bertz CT molecular complexity index is 781. The van der Waals surface area contributed by atoms with E-state index in [1.165, 1.54) is 12.1 Å². The smallest absolute Gasteiger partial charge is 0.258 e. The molecule has 4 nitrogen and oxygen atoms in total. The van der Waals surface area contributed by atoms with E-state index in [-0.39, 0.29) is 5.56 Å². The predicted molar refractivity (Wildman–Crippen MR) is 76.9 cm³/mol. The molecule has 0 fully saturated rings. The minimum Gasteiger partial charge on any atom is -0.366 e. The molecule has 0 aromatic heterocycles. The Kier molecular flexibility index (Phi) is 4.51. The highest BCUT2D eigenvalue weighted by atomic mass is 79.9. The van der Waals surface area contributed by atoms with Crippen molar-refractivity contribution in [3.8, 4) is 0 Å². The third-order valence-corrected chi connectivity index (χ3v) is 3.24. The number of halogens is 4. The molecule has 2 aromatic rings. The topological polar surface area (TPSA) is 72.2 Å². The second-order valence-corrected chi connectivity index (χ2v) is 5.17. The van der Waals surface area contributed by atoms with E-state index in [4.69, 9.17) is 5.73 Å². The van der Waals surface area contributed by atoms with Gasteiger partial charge in [0, 0.05) is 10.5 Å². The van der Waals surface area contributed by atoms with Crippen molar-refractivity contribution < 1.29 is 22.8 Å². The van der Waals surface area contributed by atoms with Crippen molar-refractivity contribution >= 4 is 33.4 Å². The molecule has 8 heteroatoms. The zero-order chi connectivity index (χ0) is 16.4. The average molecular weight is 373 g/mol. The SMILES string of the molecule is NC(=O)c1cc(NC(=O)c2ccc(Br)cc2F)c(F)cc1F. The molecule has 0 saturated carbocycles. The van der Waals surface area contributed by atoms with Gasteiger partial charge in [-0.2, -0.15) is 0 Å². The maximum absolute atomic E-state index is 13.7. The number of primary amides is 1. The fourth-order valence-electron chi connectivity index (χ4n) is 1.70. The molecule has 22 heavy (non-hydrogen) atoms. The molecule has 0 aliphatic heterocycles. The van der Waals surface area contributed by atoms with Gasteiger partial charge in [0.1, 0.15) is 17.5 Å². The van der Waals surface area contributed by atoms with Crippen LogP contribution in [0.25, 0.3) is 0 Å². The van der Waals surface area contributed by atoms with Crippen molar-refractivity contribution in [2.24, 2.45) is 5.73 Å². The molecule has 0 radical (unpaired) electrons. The van der Waals surface area contributed by atoms with E-state index in [1.807, 2.05) is 0 Å². The molecule has 0 spiro atoms. The lowest BCUT2D eigenvalue weighted by molar-refractivity contribution is 0.0991. The van der Waals surface area contributed by atoms with Gasteiger partial charge in [-0.25, -0.2) is 13.2 Å². The van der Waals surface area contributed by atoms with Gasteiger partial charge in [0.05, 0.1) is 16.8 Å². The van der Waals surface area contributed by atoms with Gasteiger partial charge >= 0.3 is 0 Å². The number of carbonyl (C=O) groups is 2. The van der Waals surface area contributed by atoms with Crippen molar-refractivity contribution in [2.45, 2.75) is 0 Å². The quantitative estimate of drug-likeness (QED) is 0.867. The van der Waals surface area contributed by atoms with Crippen LogP contribution >= 0.6 is 15.9 Å². The molecule has 2 rings (SSSR count). The van der Waals surface area contributed by atoms with Crippen molar-refractivity contribution in [1.82, 2.24) is 0 Å². The fourth-order valence-corrected chi connectivity index (χ4v) is 2.03. The van der Waals surface area contributed by atoms with E-state index in [0.717, 1.165) is 12.1 Å². The summed E-state index contributed by atoms with van der Waals surface area (Å²) < 4.78 is 41.0. The molecule has 2 aromatic carbocycles. The second-order valence-electron chi connectivity index (χ2n) is 4.25. The molecule has 3 N–H and O–H groups in total. The number of carbonyl (C=O) groups excluding carboxylic acids is 2. The lowest BCUT2D eigenvalue weighted by atomic mass is 10.1. The summed E-state index contributed by atoms with van der Waals surface area (Å²) in [6, 6.07) is 4.83. The van der Waals surface area contributed by atoms with Gasteiger partial charge in [0.15, 0.2) is 0 Å². The highest BCUT2D eigenvalue weighted by Gasteiger charge is 2.18. The van der Waals surface area contributed by atoms with Crippen LogP contribution in [0, 0.1) is 17.5 Å². The summed E-state index contributed by atoms with van der Waals surface area (Å²) in [5.74, 6) is -5.18. The van der Waals surface area contributed by atoms with Crippen LogP contribution in [0.5, 0.6) is 0 Å². The summed E-state index contributed by atoms with van der Waals surface area (Å²) in [7, 11) is 0. The van der Waals surface area contributed by atoms with Crippen LogP contribution < -0.4 is 11.1 Å². The van der Waals surface area contributed by atoms with Crippen molar-refractivity contribution in [3.05, 3.63) is 63.4 Å². The van der Waals surface area contributed by atoms with Gasteiger partial charge in [-0.05, 0) is 24.3 Å². The highest BCUT2D eigenvalue weighted by molar-refractivity contribution is 9.10. The number of nitrogens with two attached hydrogens (primary N) is 1. The summed E-state index contributed by atoms with van der Waals surface area (Å²) in [6.45, 7) is 0. The van der Waals surface area contributed by atoms with E-state index < -0.39 is 40.5 Å².